The van der Waals surface area contributed by atoms with Gasteiger partial charge in [-0.05, 0) is 67.9 Å². The number of aliphatic hydroxyl groups excluding tert-OH is 1. The molecule has 1 aliphatic heterocycles. The zero-order chi connectivity index (χ0) is 24.1. The number of nitrogens with one attached hydrogen (secondary N) is 2. The van der Waals surface area contributed by atoms with Crippen molar-refractivity contribution in [2.45, 2.75) is 51.7 Å². The summed E-state index contributed by atoms with van der Waals surface area (Å²) in [4.78, 5) is 0. The number of rotatable bonds is 11. The molecule has 2 atom stereocenters. The van der Waals surface area contributed by atoms with E-state index < -0.39 is 16.4 Å². The van der Waals surface area contributed by atoms with Crippen LogP contribution in [0.4, 0.5) is 5.69 Å². The van der Waals surface area contributed by atoms with Crippen molar-refractivity contribution < 1.29 is 28.1 Å². The molecule has 4 N–H and O–H groups in total. The second-order valence-corrected chi connectivity index (χ2v) is 10.8. The van der Waals surface area contributed by atoms with Crippen LogP contribution in [-0.2, 0) is 27.8 Å². The van der Waals surface area contributed by atoms with Gasteiger partial charge < -0.3 is 25.0 Å². The molecule has 9 heteroatoms. The molecule has 2 aliphatic rings. The lowest BCUT2D eigenvalue weighted by Gasteiger charge is -2.24. The van der Waals surface area contributed by atoms with Crippen molar-refractivity contribution in [2.75, 3.05) is 17.7 Å². The summed E-state index contributed by atoms with van der Waals surface area (Å²) in [6, 6.07) is 10.7. The third-order valence-electron chi connectivity index (χ3n) is 5.89. The molecule has 34 heavy (non-hydrogen) atoms. The largest absolute Gasteiger partial charge is 0.506 e. The lowest BCUT2D eigenvalue weighted by atomic mass is 10.0. The Morgan fingerprint density at radius 3 is 2.88 bits per heavy atom. The summed E-state index contributed by atoms with van der Waals surface area (Å²) in [5.74, 6) is 1.46. The van der Waals surface area contributed by atoms with Crippen LogP contribution in [0.3, 0.4) is 0 Å². The number of anilines is 1. The fourth-order valence-corrected chi connectivity index (χ4v) is 5.05. The summed E-state index contributed by atoms with van der Waals surface area (Å²) in [5, 5.41) is 22.3. The Morgan fingerprint density at radius 1 is 1.26 bits per heavy atom. The molecule has 1 fully saturated rings. The number of aliphatic hydroxyl groups is 1. The Labute approximate surface area is 200 Å². The smallest absolute Gasteiger partial charge is 0.235 e. The SMILES string of the molecule is CC(NS(=O)(=O)CCC=CCc1cc(O)c2c(c1)COC(O)N2)c1cccc(OCC2CC2)c1. The van der Waals surface area contributed by atoms with Crippen molar-refractivity contribution in [3.8, 4) is 11.5 Å². The molecule has 2 aromatic rings. The predicted octanol–water partition coefficient (Wildman–Crippen LogP) is 3.57. The van der Waals surface area contributed by atoms with Gasteiger partial charge in [0.25, 0.3) is 0 Å². The number of benzene rings is 2. The van der Waals surface area contributed by atoms with Crippen LogP contribution in [0, 0.1) is 5.92 Å². The Hall–Kier alpha value is -2.59. The van der Waals surface area contributed by atoms with Crippen molar-refractivity contribution >= 4 is 15.7 Å². The third kappa shape index (κ3) is 6.96. The van der Waals surface area contributed by atoms with Gasteiger partial charge >= 0.3 is 0 Å². The molecular formula is C25H32N2O6S. The Bertz CT molecular complexity index is 1130. The number of ether oxygens (including phenoxy) is 2. The second-order valence-electron chi connectivity index (χ2n) is 8.91. The minimum absolute atomic E-state index is 0.0171. The van der Waals surface area contributed by atoms with Gasteiger partial charge in [0.2, 0.25) is 16.4 Å². The van der Waals surface area contributed by atoms with Crippen molar-refractivity contribution in [1.82, 2.24) is 4.72 Å². The third-order valence-corrected chi connectivity index (χ3v) is 7.38. The number of fused-ring (bicyclic) bond motifs is 1. The molecule has 0 saturated heterocycles. The van der Waals surface area contributed by atoms with Crippen molar-refractivity contribution in [3.05, 3.63) is 65.2 Å². The van der Waals surface area contributed by atoms with Crippen molar-refractivity contribution in [2.24, 2.45) is 5.92 Å². The quantitative estimate of drug-likeness (QED) is 0.282. The molecule has 2 unspecified atom stereocenters. The van der Waals surface area contributed by atoms with Crippen LogP contribution in [0.25, 0.3) is 0 Å². The van der Waals surface area contributed by atoms with Crippen LogP contribution in [0.5, 0.6) is 11.5 Å². The number of hydrogen-bond donors (Lipinski definition) is 4. The molecule has 0 aromatic heterocycles. The number of sulfonamides is 1. The van der Waals surface area contributed by atoms with Crippen LogP contribution < -0.4 is 14.8 Å². The molecule has 1 aliphatic carbocycles. The van der Waals surface area contributed by atoms with E-state index in [9.17, 15) is 18.6 Å². The fraction of sp³-hybridized carbons (Fsp3) is 0.440. The van der Waals surface area contributed by atoms with Crippen molar-refractivity contribution in [1.29, 1.82) is 0 Å². The fourth-order valence-electron chi connectivity index (χ4n) is 3.81. The zero-order valence-corrected chi connectivity index (χ0v) is 20.1. The zero-order valence-electron chi connectivity index (χ0n) is 19.2. The first-order valence-corrected chi connectivity index (χ1v) is 13.2. The summed E-state index contributed by atoms with van der Waals surface area (Å²) in [7, 11) is -3.46. The summed E-state index contributed by atoms with van der Waals surface area (Å²) in [6.45, 7) is 2.74. The van der Waals surface area contributed by atoms with Gasteiger partial charge in [0.1, 0.15) is 11.5 Å². The average molecular weight is 489 g/mol. The summed E-state index contributed by atoms with van der Waals surface area (Å²) in [6.07, 6.45) is 5.93. The minimum Gasteiger partial charge on any atom is -0.506 e. The second kappa shape index (κ2) is 10.8. The summed E-state index contributed by atoms with van der Waals surface area (Å²) < 4.78 is 38.7. The van der Waals surface area contributed by atoms with E-state index in [2.05, 4.69) is 10.0 Å². The standard InChI is InChI=1S/C25H32N2O6S/c1-17(20-7-5-8-22(14-20)32-15-18-9-10-18)27-34(30,31)11-4-2-3-6-19-12-21-16-33-25(29)26-24(21)23(28)13-19/h2-3,5,7-8,12-14,17-18,25-29H,4,6,9-11,15-16H2,1H3. The monoisotopic (exact) mass is 488 g/mol. The average Bonchev–Trinajstić information content (AvgIpc) is 3.62. The van der Waals surface area contributed by atoms with E-state index in [0.29, 0.717) is 24.4 Å². The van der Waals surface area contributed by atoms with E-state index in [0.717, 1.165) is 29.0 Å². The topological polar surface area (TPSA) is 117 Å². The predicted molar refractivity (Wildman–Crippen MR) is 130 cm³/mol. The van der Waals surface area contributed by atoms with Crippen LogP contribution >= 0.6 is 0 Å². The van der Waals surface area contributed by atoms with E-state index >= 15 is 0 Å². The van der Waals surface area contributed by atoms with Gasteiger partial charge in [-0.2, -0.15) is 0 Å². The van der Waals surface area contributed by atoms with E-state index in [1.165, 1.54) is 12.8 Å². The van der Waals surface area contributed by atoms with Gasteiger partial charge in [0.15, 0.2) is 0 Å². The summed E-state index contributed by atoms with van der Waals surface area (Å²) >= 11 is 0. The molecule has 1 heterocycles. The molecule has 0 bridgehead atoms. The number of phenols is 1. The molecular weight excluding hydrogens is 456 g/mol. The van der Waals surface area contributed by atoms with Gasteiger partial charge in [0, 0.05) is 11.6 Å². The highest BCUT2D eigenvalue weighted by Gasteiger charge is 2.22. The van der Waals surface area contributed by atoms with E-state index in [1.54, 1.807) is 6.07 Å². The van der Waals surface area contributed by atoms with E-state index in [1.807, 2.05) is 49.4 Å². The van der Waals surface area contributed by atoms with Crippen LogP contribution in [0.2, 0.25) is 0 Å². The van der Waals surface area contributed by atoms with Gasteiger partial charge in [-0.25, -0.2) is 13.1 Å². The molecule has 0 amide bonds. The first kappa shape index (κ1) is 24.5. The highest BCUT2D eigenvalue weighted by molar-refractivity contribution is 7.89. The molecule has 8 nitrogen and oxygen atoms in total. The highest BCUT2D eigenvalue weighted by atomic mass is 32.2. The van der Waals surface area contributed by atoms with Gasteiger partial charge in [-0.15, -0.1) is 0 Å². The Morgan fingerprint density at radius 2 is 2.09 bits per heavy atom. The van der Waals surface area contributed by atoms with E-state index in [4.69, 9.17) is 9.47 Å². The van der Waals surface area contributed by atoms with Gasteiger partial charge in [-0.3, -0.25) is 0 Å². The number of hydrogen-bond acceptors (Lipinski definition) is 7. The number of phenolic OH excluding ortho intramolecular Hbond substituents is 1. The molecule has 0 radical (unpaired) electrons. The maximum Gasteiger partial charge on any atom is 0.235 e. The maximum atomic E-state index is 12.5. The number of allylic oxidation sites excluding steroid dienone is 2. The van der Waals surface area contributed by atoms with Gasteiger partial charge in [0.05, 0.1) is 24.7 Å². The summed E-state index contributed by atoms with van der Waals surface area (Å²) in [5.41, 5.74) is 2.97. The molecule has 0 spiro atoms. The first-order valence-electron chi connectivity index (χ1n) is 11.6. The van der Waals surface area contributed by atoms with E-state index in [-0.39, 0.29) is 24.2 Å². The van der Waals surface area contributed by atoms with Crippen LogP contribution in [0.1, 0.15) is 48.9 Å². The normalized spacial score (nSPS) is 18.9. The van der Waals surface area contributed by atoms with Crippen LogP contribution in [-0.4, -0.2) is 37.4 Å². The number of aromatic hydroxyl groups is 1. The Balaban J connectivity index is 1.25. The van der Waals surface area contributed by atoms with Crippen LogP contribution in [0.15, 0.2) is 48.6 Å². The van der Waals surface area contributed by atoms with Crippen molar-refractivity contribution in [3.63, 3.8) is 0 Å². The lowest BCUT2D eigenvalue weighted by molar-refractivity contribution is -0.0931. The Kier molecular flexibility index (Phi) is 7.77. The lowest BCUT2D eigenvalue weighted by Crippen LogP contribution is -2.29. The molecule has 2 aromatic carbocycles. The maximum absolute atomic E-state index is 12.5. The molecule has 184 valence electrons. The van der Waals surface area contributed by atoms with Gasteiger partial charge in [-0.1, -0.05) is 30.4 Å². The first-order chi connectivity index (χ1) is 16.3. The molecule has 4 rings (SSSR count). The highest BCUT2D eigenvalue weighted by Crippen LogP contribution is 2.33. The molecule has 1 saturated carbocycles. The minimum atomic E-state index is -3.46.